The number of para-hydroxylation sites is 1. The molecule has 8 nitrogen and oxygen atoms in total. The van der Waals surface area contributed by atoms with E-state index in [1.165, 1.54) is 16.8 Å². The molecule has 2 fully saturated rings. The van der Waals surface area contributed by atoms with E-state index in [9.17, 15) is 19.2 Å². The minimum atomic E-state index is -1.54. The fraction of sp³-hybridized carbons (Fsp3) is 0.524. The van der Waals surface area contributed by atoms with Gasteiger partial charge >= 0.3 is 5.97 Å². The third-order valence-corrected chi connectivity index (χ3v) is 6.33. The lowest BCUT2D eigenvalue weighted by Crippen LogP contribution is -2.67. The van der Waals surface area contributed by atoms with Crippen LogP contribution >= 0.6 is 0 Å². The number of hydrogen-bond donors (Lipinski definition) is 0. The number of nitrogens with zero attached hydrogens (tertiary/aromatic N) is 3. The summed E-state index contributed by atoms with van der Waals surface area (Å²) in [5, 5.41) is 0. The summed E-state index contributed by atoms with van der Waals surface area (Å²) in [6.07, 6.45) is 2.12. The normalized spacial score (nSPS) is 24.4. The van der Waals surface area contributed by atoms with Crippen LogP contribution in [-0.4, -0.2) is 65.9 Å². The van der Waals surface area contributed by atoms with Crippen LogP contribution in [-0.2, 0) is 19.1 Å². The van der Waals surface area contributed by atoms with Crippen molar-refractivity contribution in [3.8, 4) is 0 Å². The molecule has 1 atom stereocenters. The predicted octanol–water partition coefficient (Wildman–Crippen LogP) is 1.40. The molecule has 0 aliphatic carbocycles. The molecule has 0 radical (unpaired) electrons. The highest BCUT2D eigenvalue weighted by atomic mass is 16.5. The molecule has 2 saturated heterocycles. The summed E-state index contributed by atoms with van der Waals surface area (Å²) in [5.74, 6) is -0.999. The molecule has 0 spiro atoms. The molecular formula is C21H25N3O5. The van der Waals surface area contributed by atoms with Crippen molar-refractivity contribution in [3.63, 3.8) is 0 Å². The first-order chi connectivity index (χ1) is 13.9. The number of piperidine rings is 1. The van der Waals surface area contributed by atoms with E-state index < -0.39 is 11.6 Å². The molecule has 1 aromatic carbocycles. The van der Waals surface area contributed by atoms with Gasteiger partial charge in [0.15, 0.2) is 6.61 Å². The molecule has 0 saturated carbocycles. The van der Waals surface area contributed by atoms with Crippen molar-refractivity contribution in [1.82, 2.24) is 9.80 Å². The number of carbonyl (C=O) groups is 4. The van der Waals surface area contributed by atoms with Crippen molar-refractivity contribution in [1.29, 1.82) is 0 Å². The molecule has 154 valence electrons. The lowest BCUT2D eigenvalue weighted by molar-refractivity contribution is -0.161. The van der Waals surface area contributed by atoms with Crippen molar-refractivity contribution in [2.24, 2.45) is 5.92 Å². The van der Waals surface area contributed by atoms with Gasteiger partial charge in [0, 0.05) is 33.0 Å². The number of likely N-dealkylation sites (tertiary alicyclic amines) is 1. The Morgan fingerprint density at radius 3 is 2.59 bits per heavy atom. The Kier molecular flexibility index (Phi) is 4.80. The smallest absolute Gasteiger partial charge is 0.354 e. The molecule has 8 heteroatoms. The van der Waals surface area contributed by atoms with Gasteiger partial charge in [0.2, 0.25) is 11.6 Å². The molecule has 0 unspecified atom stereocenters. The quantitative estimate of drug-likeness (QED) is 0.717. The lowest BCUT2D eigenvalue weighted by atomic mass is 9.97. The van der Waals surface area contributed by atoms with E-state index in [1.807, 2.05) is 0 Å². The topological polar surface area (TPSA) is 87.2 Å². The highest BCUT2D eigenvalue weighted by Crippen LogP contribution is 2.44. The van der Waals surface area contributed by atoms with E-state index in [-0.39, 0.29) is 37.2 Å². The molecule has 29 heavy (non-hydrogen) atoms. The van der Waals surface area contributed by atoms with Crippen LogP contribution in [0, 0.1) is 5.92 Å². The predicted molar refractivity (Wildman–Crippen MR) is 104 cm³/mol. The van der Waals surface area contributed by atoms with Crippen LogP contribution in [0.1, 0.15) is 43.0 Å². The number of likely N-dealkylation sites (N-methyl/N-ethyl adjacent to an activating group) is 1. The maximum Gasteiger partial charge on any atom is 0.354 e. The van der Waals surface area contributed by atoms with Crippen LogP contribution in [0.2, 0.25) is 0 Å². The molecule has 0 N–H and O–H groups in total. The highest BCUT2D eigenvalue weighted by molar-refractivity contribution is 6.15. The standard InChI is InChI=1S/C21H25N3O5/c1-14-8-11-23(12-9-14)18(26)13-29-20(28)21-10-7-17(25)24(21)16-6-4-3-5-15(16)19(27)22(21)2/h3-6,14H,7-13H2,1-2H3/t21-/m0/s1. The second kappa shape index (κ2) is 7.17. The van der Waals surface area contributed by atoms with Crippen LogP contribution in [0.25, 0.3) is 0 Å². The van der Waals surface area contributed by atoms with Crippen molar-refractivity contribution in [2.45, 2.75) is 38.3 Å². The lowest BCUT2D eigenvalue weighted by Gasteiger charge is -2.46. The van der Waals surface area contributed by atoms with Crippen LogP contribution in [0.3, 0.4) is 0 Å². The molecule has 1 aromatic rings. The van der Waals surface area contributed by atoms with Crippen molar-refractivity contribution >= 4 is 29.4 Å². The third-order valence-electron chi connectivity index (χ3n) is 6.33. The number of esters is 1. The first-order valence-electron chi connectivity index (χ1n) is 10.0. The second-order valence-corrected chi connectivity index (χ2v) is 8.07. The molecule has 0 bridgehead atoms. The van der Waals surface area contributed by atoms with Crippen molar-refractivity contribution in [2.75, 3.05) is 31.6 Å². The summed E-state index contributed by atoms with van der Waals surface area (Å²) < 4.78 is 5.39. The van der Waals surface area contributed by atoms with Crippen LogP contribution in [0.4, 0.5) is 5.69 Å². The number of amides is 3. The first kappa shape index (κ1) is 19.4. The SMILES string of the molecule is CC1CCN(C(=O)COC(=O)[C@]23CCC(=O)N2c2ccccc2C(=O)N3C)CC1. The zero-order valence-electron chi connectivity index (χ0n) is 16.7. The summed E-state index contributed by atoms with van der Waals surface area (Å²) in [6, 6.07) is 6.73. The molecule has 4 rings (SSSR count). The molecule has 3 aliphatic heterocycles. The zero-order chi connectivity index (χ0) is 20.8. The Balaban J connectivity index is 1.56. The summed E-state index contributed by atoms with van der Waals surface area (Å²) in [6.45, 7) is 3.07. The number of carbonyl (C=O) groups excluding carboxylic acids is 4. The Labute approximate surface area is 169 Å². The largest absolute Gasteiger partial charge is 0.452 e. The number of hydrogen-bond acceptors (Lipinski definition) is 5. The Hall–Kier alpha value is -2.90. The van der Waals surface area contributed by atoms with Crippen molar-refractivity contribution in [3.05, 3.63) is 29.8 Å². The van der Waals surface area contributed by atoms with E-state index in [1.54, 1.807) is 29.2 Å². The van der Waals surface area contributed by atoms with Gasteiger partial charge in [-0.1, -0.05) is 19.1 Å². The Morgan fingerprint density at radius 2 is 1.86 bits per heavy atom. The van der Waals surface area contributed by atoms with Gasteiger partial charge in [-0.3, -0.25) is 19.3 Å². The summed E-state index contributed by atoms with van der Waals surface area (Å²) in [5.41, 5.74) is -0.766. The molecule has 3 heterocycles. The van der Waals surface area contributed by atoms with Crippen LogP contribution < -0.4 is 4.90 Å². The van der Waals surface area contributed by atoms with Crippen LogP contribution in [0.15, 0.2) is 24.3 Å². The van der Waals surface area contributed by atoms with Gasteiger partial charge < -0.3 is 14.5 Å². The Bertz CT molecular complexity index is 877. The fourth-order valence-electron chi connectivity index (χ4n) is 4.48. The number of benzene rings is 1. The average molecular weight is 399 g/mol. The number of anilines is 1. The van der Waals surface area contributed by atoms with Gasteiger partial charge in [0.05, 0.1) is 11.3 Å². The van der Waals surface area contributed by atoms with Crippen LogP contribution in [0.5, 0.6) is 0 Å². The van der Waals surface area contributed by atoms with E-state index >= 15 is 0 Å². The number of rotatable bonds is 3. The van der Waals surface area contributed by atoms with Gasteiger partial charge in [-0.15, -0.1) is 0 Å². The van der Waals surface area contributed by atoms with E-state index in [0.717, 1.165) is 12.8 Å². The van der Waals surface area contributed by atoms with Gasteiger partial charge in [-0.2, -0.15) is 0 Å². The van der Waals surface area contributed by atoms with Gasteiger partial charge in [-0.05, 0) is 30.9 Å². The second-order valence-electron chi connectivity index (χ2n) is 8.07. The van der Waals surface area contributed by atoms with Gasteiger partial charge in [-0.25, -0.2) is 4.79 Å². The summed E-state index contributed by atoms with van der Waals surface area (Å²) in [7, 11) is 1.50. The third kappa shape index (κ3) is 2.97. The molecular weight excluding hydrogens is 374 g/mol. The van der Waals surface area contributed by atoms with E-state index in [4.69, 9.17) is 4.74 Å². The maximum atomic E-state index is 13.2. The maximum absolute atomic E-state index is 13.2. The zero-order valence-corrected chi connectivity index (χ0v) is 16.7. The fourth-order valence-corrected chi connectivity index (χ4v) is 4.48. The highest BCUT2D eigenvalue weighted by Gasteiger charge is 2.60. The first-order valence-corrected chi connectivity index (χ1v) is 10.0. The Morgan fingerprint density at radius 1 is 1.17 bits per heavy atom. The van der Waals surface area contributed by atoms with Gasteiger partial charge in [0.25, 0.3) is 11.8 Å². The summed E-state index contributed by atoms with van der Waals surface area (Å²) >= 11 is 0. The minimum absolute atomic E-state index is 0.124. The van der Waals surface area contributed by atoms with E-state index in [2.05, 4.69) is 6.92 Å². The monoisotopic (exact) mass is 399 g/mol. The number of ether oxygens (including phenoxy) is 1. The molecule has 3 amide bonds. The van der Waals surface area contributed by atoms with Gasteiger partial charge in [0.1, 0.15) is 0 Å². The van der Waals surface area contributed by atoms with E-state index in [0.29, 0.717) is 30.3 Å². The minimum Gasteiger partial charge on any atom is -0.452 e. The van der Waals surface area contributed by atoms with Crippen molar-refractivity contribution < 1.29 is 23.9 Å². The molecule has 0 aromatic heterocycles. The average Bonchev–Trinajstić information content (AvgIpc) is 3.09. The molecule has 3 aliphatic rings. The number of fused-ring (bicyclic) bond motifs is 3. The summed E-state index contributed by atoms with van der Waals surface area (Å²) in [4.78, 5) is 55.5.